The van der Waals surface area contributed by atoms with E-state index < -0.39 is 0 Å². The minimum Gasteiger partial charge on any atom is -0.494 e. The van der Waals surface area contributed by atoms with Gasteiger partial charge in [0.25, 0.3) is 0 Å². The Morgan fingerprint density at radius 1 is 1.12 bits per heavy atom. The second-order valence-corrected chi connectivity index (χ2v) is 7.48. The fourth-order valence-corrected chi connectivity index (χ4v) is 4.18. The summed E-state index contributed by atoms with van der Waals surface area (Å²) < 4.78 is 0. The van der Waals surface area contributed by atoms with E-state index in [1.54, 1.807) is 6.21 Å². The van der Waals surface area contributed by atoms with Crippen LogP contribution in [0.1, 0.15) is 11.1 Å². The fourth-order valence-electron chi connectivity index (χ4n) is 3.28. The molecule has 0 saturated carbocycles. The number of aromatic amines is 1. The van der Waals surface area contributed by atoms with Crippen LogP contribution in [0.4, 0.5) is 11.4 Å². The summed E-state index contributed by atoms with van der Waals surface area (Å²) in [6.07, 6.45) is 1.74. The Hall–Kier alpha value is -2.40. The lowest BCUT2D eigenvalue weighted by Crippen LogP contribution is -2.32. The summed E-state index contributed by atoms with van der Waals surface area (Å²) >= 11 is 2.01. The van der Waals surface area contributed by atoms with E-state index in [9.17, 15) is 5.11 Å². The summed E-state index contributed by atoms with van der Waals surface area (Å²) in [7, 11) is 0. The van der Waals surface area contributed by atoms with E-state index in [-0.39, 0.29) is 5.88 Å². The molecule has 4 rings (SSSR count). The number of aliphatic imine (C=N–C) groups is 1. The van der Waals surface area contributed by atoms with Crippen molar-refractivity contribution in [2.75, 3.05) is 29.5 Å². The number of H-pyrrole nitrogens is 1. The lowest BCUT2D eigenvalue weighted by molar-refractivity contribution is 0.457. The maximum atomic E-state index is 10.2. The number of fused-ring (bicyclic) bond motifs is 1. The highest BCUT2D eigenvalue weighted by Crippen LogP contribution is 2.29. The minimum atomic E-state index is 0.162. The van der Waals surface area contributed by atoms with Crippen molar-refractivity contribution in [3.05, 3.63) is 53.6 Å². The van der Waals surface area contributed by atoms with Gasteiger partial charge >= 0.3 is 0 Å². The summed E-state index contributed by atoms with van der Waals surface area (Å²) in [5, 5.41) is 11.2. The van der Waals surface area contributed by atoms with Crippen molar-refractivity contribution in [1.82, 2.24) is 4.98 Å². The fraction of sp³-hybridized carbons (Fsp3) is 0.250. The van der Waals surface area contributed by atoms with E-state index in [2.05, 4.69) is 27.0 Å². The van der Waals surface area contributed by atoms with Crippen molar-refractivity contribution >= 4 is 40.3 Å². The Bertz CT molecular complexity index is 909. The molecule has 2 heterocycles. The van der Waals surface area contributed by atoms with Crippen LogP contribution in [0.5, 0.6) is 5.88 Å². The van der Waals surface area contributed by atoms with Crippen LogP contribution < -0.4 is 4.90 Å². The number of anilines is 1. The Balaban J connectivity index is 1.59. The molecular formula is C20H21N3OS. The third-order valence-corrected chi connectivity index (χ3v) is 5.56. The average Bonchev–Trinajstić information content (AvgIpc) is 2.98. The number of hydrogen-bond donors (Lipinski definition) is 2. The van der Waals surface area contributed by atoms with Crippen LogP contribution in [-0.4, -0.2) is 40.9 Å². The molecule has 2 aromatic carbocycles. The minimum absolute atomic E-state index is 0.162. The first-order valence-corrected chi connectivity index (χ1v) is 9.65. The Morgan fingerprint density at radius 3 is 2.64 bits per heavy atom. The number of thioether (sulfide) groups is 1. The molecule has 0 bridgehead atoms. The van der Waals surface area contributed by atoms with E-state index in [0.717, 1.165) is 40.8 Å². The highest BCUT2D eigenvalue weighted by atomic mass is 32.2. The predicted octanol–water partition coefficient (Wildman–Crippen LogP) is 4.49. The van der Waals surface area contributed by atoms with Crippen molar-refractivity contribution in [2.24, 2.45) is 4.99 Å². The number of aromatic nitrogens is 1. The van der Waals surface area contributed by atoms with E-state index in [4.69, 9.17) is 0 Å². The quantitative estimate of drug-likeness (QED) is 0.684. The topological polar surface area (TPSA) is 51.6 Å². The summed E-state index contributed by atoms with van der Waals surface area (Å²) in [5.41, 5.74) is 4.93. The maximum absolute atomic E-state index is 10.2. The molecule has 2 N–H and O–H groups in total. The second kappa shape index (κ2) is 6.84. The molecule has 1 saturated heterocycles. The number of nitrogens with one attached hydrogen (secondary N) is 1. The molecule has 1 fully saturated rings. The molecular weight excluding hydrogens is 330 g/mol. The summed E-state index contributed by atoms with van der Waals surface area (Å²) in [6.45, 7) is 4.25. The molecule has 1 aliphatic heterocycles. The lowest BCUT2D eigenvalue weighted by atomic mass is 10.1. The van der Waals surface area contributed by atoms with Gasteiger partial charge in [-0.3, -0.25) is 4.99 Å². The van der Waals surface area contributed by atoms with Gasteiger partial charge in [0.05, 0.1) is 11.3 Å². The standard InChI is InChI=1S/C20H21N3OS/c1-14-3-2-4-18-19(14)17(20(24)22-18)13-21-15-5-7-16(8-6-15)23-9-11-25-12-10-23/h2-8,13,22,24H,9-12H2,1H3. The van der Waals surface area contributed by atoms with Crippen LogP contribution in [0.2, 0.25) is 0 Å². The van der Waals surface area contributed by atoms with Crippen LogP contribution in [0.3, 0.4) is 0 Å². The molecule has 0 atom stereocenters. The van der Waals surface area contributed by atoms with E-state index >= 15 is 0 Å². The van der Waals surface area contributed by atoms with Gasteiger partial charge < -0.3 is 15.0 Å². The van der Waals surface area contributed by atoms with Crippen LogP contribution in [0, 0.1) is 6.92 Å². The van der Waals surface area contributed by atoms with Crippen molar-refractivity contribution in [2.45, 2.75) is 6.92 Å². The largest absolute Gasteiger partial charge is 0.494 e. The van der Waals surface area contributed by atoms with E-state index in [1.807, 2.05) is 49.0 Å². The molecule has 3 aromatic rings. The van der Waals surface area contributed by atoms with Crippen LogP contribution in [0.15, 0.2) is 47.5 Å². The normalized spacial score (nSPS) is 15.3. The predicted molar refractivity (Wildman–Crippen MR) is 108 cm³/mol. The lowest BCUT2D eigenvalue weighted by Gasteiger charge is -2.28. The molecule has 0 aliphatic carbocycles. The average molecular weight is 351 g/mol. The van der Waals surface area contributed by atoms with Gasteiger partial charge in [0.1, 0.15) is 0 Å². The molecule has 25 heavy (non-hydrogen) atoms. The molecule has 128 valence electrons. The van der Waals surface area contributed by atoms with Gasteiger partial charge in [-0.25, -0.2) is 0 Å². The first kappa shape index (κ1) is 16.1. The van der Waals surface area contributed by atoms with Crippen LogP contribution in [0.25, 0.3) is 10.9 Å². The Morgan fingerprint density at radius 2 is 1.88 bits per heavy atom. The van der Waals surface area contributed by atoms with Crippen LogP contribution in [-0.2, 0) is 0 Å². The third kappa shape index (κ3) is 3.24. The van der Waals surface area contributed by atoms with E-state index in [1.165, 1.54) is 17.2 Å². The number of benzene rings is 2. The second-order valence-electron chi connectivity index (χ2n) is 6.26. The van der Waals surface area contributed by atoms with Crippen molar-refractivity contribution in [3.8, 4) is 5.88 Å². The molecule has 0 radical (unpaired) electrons. The molecule has 0 unspecified atom stereocenters. The Kier molecular flexibility index (Phi) is 4.40. The Labute approximate surface area is 151 Å². The van der Waals surface area contributed by atoms with Gasteiger partial charge in [-0.05, 0) is 42.8 Å². The van der Waals surface area contributed by atoms with Crippen molar-refractivity contribution in [1.29, 1.82) is 0 Å². The third-order valence-electron chi connectivity index (χ3n) is 4.62. The zero-order valence-electron chi connectivity index (χ0n) is 14.2. The number of hydrogen-bond acceptors (Lipinski definition) is 4. The number of aryl methyl sites for hydroxylation is 1. The number of rotatable bonds is 3. The molecule has 0 spiro atoms. The monoisotopic (exact) mass is 351 g/mol. The molecule has 5 heteroatoms. The number of nitrogens with zero attached hydrogens (tertiary/aromatic N) is 2. The van der Waals surface area contributed by atoms with Gasteiger partial charge in [0.2, 0.25) is 0 Å². The first-order valence-electron chi connectivity index (χ1n) is 8.49. The highest BCUT2D eigenvalue weighted by molar-refractivity contribution is 7.99. The highest BCUT2D eigenvalue weighted by Gasteiger charge is 2.12. The van der Waals surface area contributed by atoms with Crippen molar-refractivity contribution < 1.29 is 5.11 Å². The molecule has 1 aliphatic rings. The SMILES string of the molecule is Cc1cccc2[nH]c(O)c(C=Nc3ccc(N4CCSCC4)cc3)c12. The summed E-state index contributed by atoms with van der Waals surface area (Å²) in [4.78, 5) is 9.99. The van der Waals surface area contributed by atoms with Gasteiger partial charge in [-0.15, -0.1) is 0 Å². The van der Waals surface area contributed by atoms with Gasteiger partial charge in [-0.2, -0.15) is 11.8 Å². The van der Waals surface area contributed by atoms with E-state index in [0.29, 0.717) is 0 Å². The smallest absolute Gasteiger partial charge is 0.198 e. The zero-order valence-corrected chi connectivity index (χ0v) is 15.0. The van der Waals surface area contributed by atoms with Crippen molar-refractivity contribution in [3.63, 3.8) is 0 Å². The molecule has 0 amide bonds. The number of aromatic hydroxyl groups is 1. The van der Waals surface area contributed by atoms with Gasteiger partial charge in [0.15, 0.2) is 5.88 Å². The summed E-state index contributed by atoms with van der Waals surface area (Å²) in [5.74, 6) is 2.55. The first-order chi connectivity index (χ1) is 12.2. The maximum Gasteiger partial charge on any atom is 0.198 e. The molecule has 4 nitrogen and oxygen atoms in total. The summed E-state index contributed by atoms with van der Waals surface area (Å²) in [6, 6.07) is 14.3. The van der Waals surface area contributed by atoms with Gasteiger partial charge in [-0.1, -0.05) is 12.1 Å². The molecule has 1 aromatic heterocycles. The van der Waals surface area contributed by atoms with Gasteiger partial charge in [0, 0.05) is 47.4 Å². The van der Waals surface area contributed by atoms with Crippen LogP contribution >= 0.6 is 11.8 Å². The zero-order chi connectivity index (χ0) is 17.2.